The third kappa shape index (κ3) is 3.47. The summed E-state index contributed by atoms with van der Waals surface area (Å²) in [6, 6.07) is 16.1. The number of aromatic nitrogens is 2. The number of fused-ring (bicyclic) bond motifs is 1. The van der Waals surface area contributed by atoms with Crippen LogP contribution in [0.25, 0.3) is 5.69 Å². The van der Waals surface area contributed by atoms with Gasteiger partial charge in [0.2, 0.25) is 0 Å². The van der Waals surface area contributed by atoms with Crippen LogP contribution in [0.15, 0.2) is 59.4 Å². The van der Waals surface area contributed by atoms with Crippen LogP contribution in [0.4, 0.5) is 5.69 Å². The number of carbonyl (C=O) groups is 2. The number of anilines is 1. The number of rotatable bonds is 4. The van der Waals surface area contributed by atoms with Crippen molar-refractivity contribution in [2.24, 2.45) is 0 Å². The predicted octanol–water partition coefficient (Wildman–Crippen LogP) is 2.65. The van der Waals surface area contributed by atoms with Gasteiger partial charge in [-0.3, -0.25) is 19.5 Å². The Balaban J connectivity index is 1.57. The van der Waals surface area contributed by atoms with Gasteiger partial charge in [0.1, 0.15) is 0 Å². The van der Waals surface area contributed by atoms with Gasteiger partial charge in [-0.1, -0.05) is 25.1 Å². The summed E-state index contributed by atoms with van der Waals surface area (Å²) in [5.74, 6) is -0.210. The van der Waals surface area contributed by atoms with E-state index >= 15 is 0 Å². The van der Waals surface area contributed by atoms with Crippen molar-refractivity contribution in [2.75, 3.05) is 18.6 Å². The van der Waals surface area contributed by atoms with Crippen LogP contribution in [0.5, 0.6) is 0 Å². The Kier molecular flexibility index (Phi) is 4.80. The molecule has 1 aliphatic rings. The second-order valence-electron chi connectivity index (χ2n) is 7.13. The first-order valence-electron chi connectivity index (χ1n) is 9.37. The molecule has 0 aliphatic carbocycles. The van der Waals surface area contributed by atoms with Gasteiger partial charge in [-0.25, -0.2) is 4.68 Å². The van der Waals surface area contributed by atoms with Crippen LogP contribution >= 0.6 is 0 Å². The van der Waals surface area contributed by atoms with Crippen molar-refractivity contribution >= 4 is 17.6 Å². The number of benzene rings is 2. The monoisotopic (exact) mass is 391 g/mol. The van der Waals surface area contributed by atoms with Crippen LogP contribution in [0.1, 0.15) is 34.5 Å². The van der Waals surface area contributed by atoms with Crippen molar-refractivity contribution in [1.29, 1.82) is 0 Å². The molecule has 1 aromatic heterocycles. The molecule has 0 saturated carbocycles. The van der Waals surface area contributed by atoms with Crippen LogP contribution < -0.4 is 10.5 Å². The van der Waals surface area contributed by atoms with Crippen molar-refractivity contribution in [2.45, 2.75) is 19.3 Å². The van der Waals surface area contributed by atoms with Gasteiger partial charge in [0.05, 0.1) is 19.2 Å². The van der Waals surface area contributed by atoms with Crippen LogP contribution in [0.3, 0.4) is 0 Å². The van der Waals surface area contributed by atoms with Gasteiger partial charge in [-0.15, -0.1) is 0 Å². The number of hydrogen-bond donors (Lipinski definition) is 1. The van der Waals surface area contributed by atoms with Crippen LogP contribution in [0, 0.1) is 0 Å². The van der Waals surface area contributed by atoms with Crippen molar-refractivity contribution in [3.05, 3.63) is 81.8 Å². The van der Waals surface area contributed by atoms with E-state index in [1.165, 1.54) is 23.4 Å². The lowest BCUT2D eigenvalue weighted by molar-refractivity contribution is -0.139. The van der Waals surface area contributed by atoms with Gasteiger partial charge in [-0.05, 0) is 35.9 Å². The summed E-state index contributed by atoms with van der Waals surface area (Å²) in [7, 11) is 1.30. The van der Waals surface area contributed by atoms with E-state index in [0.717, 1.165) is 5.69 Å². The topological polar surface area (TPSA) is 84.4 Å². The van der Waals surface area contributed by atoms with Gasteiger partial charge in [-0.2, -0.15) is 0 Å². The Morgan fingerprint density at radius 2 is 1.86 bits per heavy atom. The van der Waals surface area contributed by atoms with E-state index < -0.39 is 5.97 Å². The molecule has 2 heterocycles. The molecule has 0 radical (unpaired) electrons. The molecule has 0 spiro atoms. The first-order chi connectivity index (χ1) is 14.0. The summed E-state index contributed by atoms with van der Waals surface area (Å²) in [6.45, 7) is 2.76. The number of para-hydroxylation sites is 1. The number of aromatic amines is 1. The molecular weight excluding hydrogens is 370 g/mol. The van der Waals surface area contributed by atoms with Crippen LogP contribution in [0.2, 0.25) is 0 Å². The third-order valence-electron chi connectivity index (χ3n) is 5.17. The fourth-order valence-corrected chi connectivity index (χ4v) is 3.68. The fourth-order valence-electron chi connectivity index (χ4n) is 3.68. The van der Waals surface area contributed by atoms with Gasteiger partial charge in [0.25, 0.3) is 11.5 Å². The minimum Gasteiger partial charge on any atom is -0.469 e. The molecule has 4 rings (SSSR count). The molecule has 148 valence electrons. The van der Waals surface area contributed by atoms with Crippen LogP contribution in [-0.4, -0.2) is 35.3 Å². The number of nitrogens with one attached hydrogen (secondary N) is 1. The molecule has 2 aromatic carbocycles. The zero-order valence-electron chi connectivity index (χ0n) is 16.2. The Labute approximate surface area is 167 Å². The van der Waals surface area contributed by atoms with Crippen molar-refractivity contribution in [3.63, 3.8) is 0 Å². The zero-order valence-corrected chi connectivity index (χ0v) is 16.2. The number of methoxy groups -OCH3 is 1. The summed E-state index contributed by atoms with van der Waals surface area (Å²) in [6.07, 6.45) is -0.0120. The molecule has 7 nitrogen and oxygen atoms in total. The molecular formula is C22H21N3O4. The molecule has 0 saturated heterocycles. The summed E-state index contributed by atoms with van der Waals surface area (Å²) in [4.78, 5) is 38.4. The maximum Gasteiger partial charge on any atom is 0.311 e. The second-order valence-corrected chi connectivity index (χ2v) is 7.13. The molecule has 0 bridgehead atoms. The average Bonchev–Trinajstić information content (AvgIpc) is 3.27. The average molecular weight is 391 g/mol. The fraction of sp³-hybridized carbons (Fsp3) is 0.227. The van der Waals surface area contributed by atoms with Crippen molar-refractivity contribution in [1.82, 2.24) is 9.78 Å². The van der Waals surface area contributed by atoms with E-state index in [1.54, 1.807) is 29.2 Å². The number of H-pyrrole nitrogens is 1. The van der Waals surface area contributed by atoms with Crippen LogP contribution in [-0.2, 0) is 16.0 Å². The first-order valence-corrected chi connectivity index (χ1v) is 9.37. The van der Waals surface area contributed by atoms with E-state index in [1.807, 2.05) is 18.2 Å². The van der Waals surface area contributed by atoms with E-state index in [4.69, 9.17) is 0 Å². The molecule has 3 aromatic rings. The summed E-state index contributed by atoms with van der Waals surface area (Å²) in [5, 5.41) is 2.89. The maximum atomic E-state index is 13.0. The lowest BCUT2D eigenvalue weighted by Gasteiger charge is -2.18. The molecule has 1 atom stereocenters. The molecule has 29 heavy (non-hydrogen) atoms. The Morgan fingerprint density at radius 3 is 2.59 bits per heavy atom. The smallest absolute Gasteiger partial charge is 0.311 e. The number of esters is 1. The minimum absolute atomic E-state index is 0.0120. The van der Waals surface area contributed by atoms with E-state index in [-0.39, 0.29) is 17.9 Å². The highest BCUT2D eigenvalue weighted by Gasteiger charge is 2.29. The number of ether oxygens (including phenoxy) is 1. The highest BCUT2D eigenvalue weighted by molar-refractivity contribution is 6.07. The zero-order chi connectivity index (χ0) is 20.5. The summed E-state index contributed by atoms with van der Waals surface area (Å²) < 4.78 is 5.95. The quantitative estimate of drug-likeness (QED) is 0.693. The van der Waals surface area contributed by atoms with Crippen molar-refractivity contribution in [3.8, 4) is 5.69 Å². The molecule has 0 unspecified atom stereocenters. The van der Waals surface area contributed by atoms with E-state index in [2.05, 4.69) is 22.8 Å². The molecule has 1 amide bonds. The Bertz CT molecular complexity index is 1130. The molecule has 1 N–H and O–H groups in total. The molecule has 0 fully saturated rings. The highest BCUT2D eigenvalue weighted by Crippen LogP contribution is 2.36. The molecule has 7 heteroatoms. The van der Waals surface area contributed by atoms with Gasteiger partial charge < -0.3 is 9.64 Å². The standard InChI is InChI=1S/C22H21N3O4/c1-14-13-24(19-6-4-3-5-18(14)19)22(28)15-7-9-17(10-8-15)25-20(26)11-16(23-25)12-21(27)29-2/h3-11,14,23H,12-13H2,1-2H3/t14-/m1/s1. The van der Waals surface area contributed by atoms with Gasteiger partial charge in [0.15, 0.2) is 0 Å². The summed E-state index contributed by atoms with van der Waals surface area (Å²) >= 11 is 0. The van der Waals surface area contributed by atoms with Gasteiger partial charge >= 0.3 is 5.97 Å². The lowest BCUT2D eigenvalue weighted by Crippen LogP contribution is -2.29. The molecule has 1 aliphatic heterocycles. The van der Waals surface area contributed by atoms with E-state index in [9.17, 15) is 14.4 Å². The largest absolute Gasteiger partial charge is 0.469 e. The summed E-state index contributed by atoms with van der Waals surface area (Å²) in [5.41, 5.74) is 3.43. The third-order valence-corrected chi connectivity index (χ3v) is 5.17. The SMILES string of the molecule is COC(=O)Cc1cc(=O)n(-c2ccc(C(=O)N3C[C@@H](C)c4ccccc43)cc2)[nH]1. The Morgan fingerprint density at radius 1 is 1.14 bits per heavy atom. The van der Waals surface area contributed by atoms with E-state index in [0.29, 0.717) is 29.4 Å². The normalized spacial score (nSPS) is 15.2. The maximum absolute atomic E-state index is 13.0. The Hall–Kier alpha value is -3.61. The number of amides is 1. The number of hydrogen-bond acceptors (Lipinski definition) is 4. The first kappa shape index (κ1) is 18.7. The predicted molar refractivity (Wildman–Crippen MR) is 109 cm³/mol. The lowest BCUT2D eigenvalue weighted by atomic mass is 10.0. The van der Waals surface area contributed by atoms with Crippen molar-refractivity contribution < 1.29 is 14.3 Å². The highest BCUT2D eigenvalue weighted by atomic mass is 16.5. The van der Waals surface area contributed by atoms with Gasteiger partial charge in [0, 0.05) is 35.5 Å². The number of carbonyl (C=O) groups excluding carboxylic acids is 2. The second kappa shape index (κ2) is 7.43. The minimum atomic E-state index is -0.431. The number of nitrogens with zero attached hydrogens (tertiary/aromatic N) is 2.